The molecule has 1 unspecified atom stereocenters. The van der Waals surface area contributed by atoms with E-state index in [0.29, 0.717) is 23.0 Å². The van der Waals surface area contributed by atoms with Crippen LogP contribution in [-0.2, 0) is 25.9 Å². The van der Waals surface area contributed by atoms with Crippen LogP contribution >= 0.6 is 0 Å². The van der Waals surface area contributed by atoms with Crippen molar-refractivity contribution in [3.05, 3.63) is 24.3 Å². The van der Waals surface area contributed by atoms with E-state index in [1.807, 2.05) is 0 Å². The molecule has 1 fully saturated rings. The minimum Gasteiger partial charge on any atom is -0.724 e. The lowest BCUT2D eigenvalue weighted by Crippen LogP contribution is -2.35. The van der Waals surface area contributed by atoms with Crippen LogP contribution in [0.25, 0.3) is 5.70 Å². The van der Waals surface area contributed by atoms with Gasteiger partial charge in [-0.3, -0.25) is 4.79 Å². The average molecular weight is 356 g/mol. The number of nitrogens with two attached hydrogens (primary N) is 1. The number of carbonyl (C=O) groups is 2. The number of rotatable bonds is 6. The number of urea groups is 1. The Kier molecular flexibility index (Phi) is 4.03. The maximum atomic E-state index is 12.1. The van der Waals surface area contributed by atoms with E-state index >= 15 is 0 Å². The number of nitrogens with zero attached hydrogens (tertiary/aromatic N) is 4. The van der Waals surface area contributed by atoms with Crippen molar-refractivity contribution < 1.29 is 26.8 Å². The smallest absolute Gasteiger partial charge is 0.346 e. The highest BCUT2D eigenvalue weighted by molar-refractivity contribution is 7.80. The van der Waals surface area contributed by atoms with Gasteiger partial charge in [0.2, 0.25) is 16.3 Å². The maximum absolute atomic E-state index is 12.1. The quantitative estimate of drug-likeness (QED) is 0.489. The number of primary amides is 1. The van der Waals surface area contributed by atoms with Crippen molar-refractivity contribution in [3.63, 3.8) is 0 Å². The summed E-state index contributed by atoms with van der Waals surface area (Å²) in [5.41, 5.74) is 5.79. The lowest BCUT2D eigenvalue weighted by Gasteiger charge is -2.23. The summed E-state index contributed by atoms with van der Waals surface area (Å²) in [6.07, 6.45) is 5.28. The van der Waals surface area contributed by atoms with Gasteiger partial charge in [0.15, 0.2) is 0 Å². The molecule has 24 heavy (non-hydrogen) atoms. The lowest BCUT2D eigenvalue weighted by molar-refractivity contribution is -0.118. The van der Waals surface area contributed by atoms with Crippen molar-refractivity contribution in [1.29, 1.82) is 0 Å². The first-order valence-corrected chi connectivity index (χ1v) is 8.33. The number of hydrogen-bond donors (Lipinski definition) is 1. The van der Waals surface area contributed by atoms with Gasteiger partial charge in [-0.25, -0.2) is 18.2 Å². The molecule has 1 atom stereocenters. The second-order valence-corrected chi connectivity index (χ2v) is 6.34. The third-order valence-corrected chi connectivity index (χ3v) is 4.04. The number of aryl methyl sites for hydroxylation is 1. The molecule has 3 heterocycles. The topological polar surface area (TPSA) is 151 Å². The molecule has 2 N–H and O–H groups in total. The van der Waals surface area contributed by atoms with Crippen LogP contribution in [0.4, 0.5) is 4.79 Å². The number of fused-ring (bicyclic) bond motifs is 2. The summed E-state index contributed by atoms with van der Waals surface area (Å²) in [6.45, 7) is 0.400. The zero-order chi connectivity index (χ0) is 17.5. The number of amides is 3. The summed E-state index contributed by atoms with van der Waals surface area (Å²) in [5.74, 6) is 0.125. The van der Waals surface area contributed by atoms with Gasteiger partial charge >= 0.3 is 6.03 Å². The van der Waals surface area contributed by atoms with Crippen LogP contribution in [0.2, 0.25) is 0 Å². The summed E-state index contributed by atoms with van der Waals surface area (Å²) < 4.78 is 38.2. The summed E-state index contributed by atoms with van der Waals surface area (Å²) >= 11 is 0. The predicted octanol–water partition coefficient (Wildman–Crippen LogP) is -1.35. The highest BCUT2D eigenvalue weighted by atomic mass is 32.3. The second kappa shape index (κ2) is 5.89. The van der Waals surface area contributed by atoms with Crippen LogP contribution in [0.5, 0.6) is 0 Å². The Morgan fingerprint density at radius 3 is 2.92 bits per heavy atom. The number of imidazole rings is 1. The summed E-state index contributed by atoms with van der Waals surface area (Å²) in [4.78, 5) is 28.5. The first-order valence-electron chi connectivity index (χ1n) is 7.00. The van der Waals surface area contributed by atoms with Crippen molar-refractivity contribution in [3.8, 4) is 0 Å². The molecule has 130 valence electrons. The molecule has 2 bridgehead atoms. The van der Waals surface area contributed by atoms with Gasteiger partial charge in [-0.1, -0.05) is 0 Å². The SMILES string of the molecule is NC(=O)CCc1nccn1C1=CC2CN(C1)C(=O)N2OS(=O)(=O)[O-]. The molecule has 2 aliphatic rings. The molecule has 0 spiro atoms. The lowest BCUT2D eigenvalue weighted by atomic mass is 10.1. The van der Waals surface area contributed by atoms with Crippen LogP contribution in [-0.4, -0.2) is 63.6 Å². The fourth-order valence-electron chi connectivity index (χ4n) is 2.74. The minimum absolute atomic E-state index is 0.125. The van der Waals surface area contributed by atoms with Crippen LogP contribution in [0.15, 0.2) is 18.5 Å². The highest BCUT2D eigenvalue weighted by Gasteiger charge is 2.42. The normalized spacial score (nSPS) is 20.5. The molecule has 1 saturated heterocycles. The summed E-state index contributed by atoms with van der Waals surface area (Å²) in [6, 6.07) is -1.42. The third-order valence-electron chi connectivity index (χ3n) is 3.70. The molecule has 0 aliphatic carbocycles. The number of carbonyl (C=O) groups excluding carboxylic acids is 2. The molecule has 12 heteroatoms. The van der Waals surface area contributed by atoms with E-state index in [0.717, 1.165) is 0 Å². The Morgan fingerprint density at radius 1 is 1.50 bits per heavy atom. The highest BCUT2D eigenvalue weighted by Crippen LogP contribution is 2.28. The van der Waals surface area contributed by atoms with Gasteiger partial charge in [0.25, 0.3) is 0 Å². The van der Waals surface area contributed by atoms with Gasteiger partial charge in [-0.2, -0.15) is 9.35 Å². The van der Waals surface area contributed by atoms with Crippen molar-refractivity contribution in [2.45, 2.75) is 18.9 Å². The van der Waals surface area contributed by atoms with Gasteiger partial charge < -0.3 is 19.8 Å². The molecule has 1 aromatic heterocycles. The zero-order valence-electron chi connectivity index (χ0n) is 12.4. The molecule has 0 saturated carbocycles. The van der Waals surface area contributed by atoms with E-state index in [1.54, 1.807) is 23.0 Å². The second-order valence-electron chi connectivity index (χ2n) is 5.38. The molecule has 0 radical (unpaired) electrons. The third kappa shape index (κ3) is 3.25. The Labute approximate surface area is 137 Å². The van der Waals surface area contributed by atoms with E-state index in [4.69, 9.17) is 5.73 Å². The average Bonchev–Trinajstić information content (AvgIpc) is 3.03. The molecular weight excluding hydrogens is 342 g/mol. The van der Waals surface area contributed by atoms with Gasteiger partial charge in [0.1, 0.15) is 11.9 Å². The zero-order valence-corrected chi connectivity index (χ0v) is 13.2. The number of hydrogen-bond acceptors (Lipinski definition) is 7. The molecule has 1 aromatic rings. The minimum atomic E-state index is -5.05. The molecule has 11 nitrogen and oxygen atoms in total. The first kappa shape index (κ1) is 16.4. The van der Waals surface area contributed by atoms with Crippen LogP contribution in [0.1, 0.15) is 12.2 Å². The fraction of sp³-hybridized carbons (Fsp3) is 0.417. The van der Waals surface area contributed by atoms with Crippen molar-refractivity contribution in [2.24, 2.45) is 5.73 Å². The van der Waals surface area contributed by atoms with Gasteiger partial charge in [0.05, 0.1) is 6.54 Å². The van der Waals surface area contributed by atoms with Crippen LogP contribution in [0.3, 0.4) is 0 Å². The Balaban J connectivity index is 1.85. The predicted molar refractivity (Wildman–Crippen MR) is 77.4 cm³/mol. The number of aromatic nitrogens is 2. The van der Waals surface area contributed by atoms with E-state index in [-0.39, 0.29) is 19.5 Å². The molecule has 3 rings (SSSR count). The van der Waals surface area contributed by atoms with Gasteiger partial charge in [-0.05, 0) is 6.08 Å². The van der Waals surface area contributed by atoms with E-state index < -0.39 is 28.4 Å². The summed E-state index contributed by atoms with van der Waals surface area (Å²) in [7, 11) is -5.05. The molecule has 3 amide bonds. The Bertz CT molecular complexity index is 816. The van der Waals surface area contributed by atoms with E-state index in [2.05, 4.69) is 9.27 Å². The standard InChI is InChI=1S/C12H15N5O6S/c13-10(18)1-2-11-14-3-4-16(11)8-5-9-7-15(6-8)12(19)17(9)23-24(20,21)22/h3-5,9H,1-2,6-7H2,(H2,13,18)(H,20,21,22)/p-1. The van der Waals surface area contributed by atoms with Crippen molar-refractivity contribution in [2.75, 3.05) is 13.1 Å². The maximum Gasteiger partial charge on any atom is 0.346 e. The van der Waals surface area contributed by atoms with Gasteiger partial charge in [-0.15, -0.1) is 0 Å². The van der Waals surface area contributed by atoms with Gasteiger partial charge in [0, 0.05) is 37.5 Å². The molecule has 2 aliphatic heterocycles. The Hall–Kier alpha value is -2.44. The fourth-order valence-corrected chi connectivity index (χ4v) is 3.11. The molecule has 0 aromatic carbocycles. The number of hydroxylamine groups is 2. The van der Waals surface area contributed by atoms with Crippen LogP contribution < -0.4 is 5.73 Å². The van der Waals surface area contributed by atoms with Crippen molar-refractivity contribution in [1.82, 2.24) is 19.5 Å². The monoisotopic (exact) mass is 356 g/mol. The van der Waals surface area contributed by atoms with E-state index in [9.17, 15) is 22.6 Å². The summed E-state index contributed by atoms with van der Waals surface area (Å²) in [5, 5.41) is 0.551. The Morgan fingerprint density at radius 2 is 2.25 bits per heavy atom. The first-order chi connectivity index (χ1) is 11.2. The largest absolute Gasteiger partial charge is 0.724 e. The van der Waals surface area contributed by atoms with Crippen LogP contribution in [0, 0.1) is 0 Å². The van der Waals surface area contributed by atoms with E-state index in [1.165, 1.54) is 4.90 Å². The molecular formula is C12H14N5O6S-. The van der Waals surface area contributed by atoms with Crippen molar-refractivity contribution >= 4 is 28.0 Å².